The normalized spacial score (nSPS) is 34.8. The van der Waals surface area contributed by atoms with Crippen molar-refractivity contribution < 1.29 is 46.4 Å². The van der Waals surface area contributed by atoms with Gasteiger partial charge in [0.05, 0.1) is 35.4 Å². The Bertz CT molecular complexity index is 1530. The summed E-state index contributed by atoms with van der Waals surface area (Å²) in [5.74, 6) is -1.79. The molecule has 2 aliphatic carbocycles. The molecular weight excluding hydrogens is 649 g/mol. The van der Waals surface area contributed by atoms with Gasteiger partial charge in [-0.1, -0.05) is 67.1 Å². The fourth-order valence-corrected chi connectivity index (χ4v) is 8.59. The number of ether oxygens (including phenoxy) is 5. The first kappa shape index (κ1) is 38.3. The van der Waals surface area contributed by atoms with Crippen molar-refractivity contribution in [3.8, 4) is 0 Å². The van der Waals surface area contributed by atoms with Gasteiger partial charge >= 0.3 is 18.1 Å². The minimum absolute atomic E-state index is 0.0848. The molecule has 7 nitrogen and oxygen atoms in total. The molecule has 2 saturated carbocycles. The highest BCUT2D eigenvalue weighted by atomic mass is 19.4. The van der Waals surface area contributed by atoms with Gasteiger partial charge in [0.1, 0.15) is 6.10 Å². The largest absolute Gasteiger partial charge is 0.465 e. The Hall–Kier alpha value is -2.95. The van der Waals surface area contributed by atoms with Crippen LogP contribution in [-0.2, 0) is 38.9 Å². The molecular formula is C40H53F3O7. The third-order valence-corrected chi connectivity index (χ3v) is 11.6. The van der Waals surface area contributed by atoms with Crippen molar-refractivity contribution in [2.45, 2.75) is 116 Å². The molecule has 1 aromatic rings. The topological polar surface area (TPSA) is 86.9 Å². The van der Waals surface area contributed by atoms with Crippen LogP contribution in [0.5, 0.6) is 0 Å². The highest BCUT2D eigenvalue weighted by Crippen LogP contribution is 2.67. The van der Waals surface area contributed by atoms with Crippen LogP contribution in [0.25, 0.3) is 0 Å². The molecule has 11 atom stereocenters. The second-order valence-electron chi connectivity index (χ2n) is 16.2. The third-order valence-electron chi connectivity index (χ3n) is 11.6. The lowest BCUT2D eigenvalue weighted by Crippen LogP contribution is -2.53. The number of methoxy groups -OCH3 is 1. The number of rotatable bonds is 11. The van der Waals surface area contributed by atoms with Crippen molar-refractivity contribution in [2.75, 3.05) is 13.7 Å². The van der Waals surface area contributed by atoms with E-state index in [-0.39, 0.29) is 41.9 Å². The molecule has 50 heavy (non-hydrogen) atoms. The molecule has 0 radical (unpaired) electrons. The average molecular weight is 703 g/mol. The van der Waals surface area contributed by atoms with E-state index in [9.17, 15) is 22.8 Å². The summed E-state index contributed by atoms with van der Waals surface area (Å²) in [7, 11) is 0.840. The fraction of sp³-hybridized carbons (Fsp3) is 0.650. The van der Waals surface area contributed by atoms with Crippen LogP contribution in [0.15, 0.2) is 65.8 Å². The van der Waals surface area contributed by atoms with Crippen LogP contribution < -0.4 is 0 Å². The molecule has 276 valence electrons. The van der Waals surface area contributed by atoms with Crippen molar-refractivity contribution in [1.82, 2.24) is 0 Å². The summed E-state index contributed by atoms with van der Waals surface area (Å²) in [4.78, 5) is 26.4. The summed E-state index contributed by atoms with van der Waals surface area (Å²) in [5.41, 5.74) is -3.19. The second kappa shape index (κ2) is 13.6. The number of allylic oxidation sites excluding steroid dienone is 4. The van der Waals surface area contributed by atoms with E-state index in [4.69, 9.17) is 23.7 Å². The SMILES string of the molecule is C/C=C(\C)[C@H]1[C@@H](/C=C/C=C(\C)[C@@H](OC(=O)[C@](OC)(c2ccccc2)C(F)(F)F)[C@@H](C)COC(=O)C(C)(C)C)[C@@H]2C[C@@H]3O[C@]3(C)C[C@H]2[C@@H]2O[C@@]21C. The standard InChI is InChI=1S/C40H53F3O7/c1-11-23(2)31-27(28-20-30-37(8,49-30)21-29(28)33-38(31,9)50-33)19-15-16-24(3)32(25(4)22-47-34(44)36(5,6)7)48-35(45)39(46-10,40(41,42)43)26-17-13-12-14-18-26/h11-19,25,27-33H,20-22H2,1-10H3/b19-15+,23-11+,24-16+/t25-,27-,28-,29+,30-,31-,32+,33-,37+,38+,39+/m0/s1. The molecule has 4 fully saturated rings. The smallest absolute Gasteiger partial charge is 0.432 e. The molecule has 0 aromatic heterocycles. The van der Waals surface area contributed by atoms with Gasteiger partial charge in [0.15, 0.2) is 0 Å². The highest BCUT2D eigenvalue weighted by Gasteiger charge is 2.73. The number of alkyl halides is 3. The van der Waals surface area contributed by atoms with Gasteiger partial charge in [0.2, 0.25) is 0 Å². The quantitative estimate of drug-likeness (QED) is 0.0993. The Labute approximate surface area is 294 Å². The van der Waals surface area contributed by atoms with Crippen molar-refractivity contribution in [1.29, 1.82) is 0 Å². The number of carbonyl (C=O) groups is 2. The monoisotopic (exact) mass is 702 g/mol. The van der Waals surface area contributed by atoms with E-state index in [1.807, 2.05) is 13.0 Å². The highest BCUT2D eigenvalue weighted by molar-refractivity contribution is 5.83. The van der Waals surface area contributed by atoms with Gasteiger partial charge in [-0.05, 0) is 91.6 Å². The van der Waals surface area contributed by atoms with E-state index in [1.165, 1.54) is 29.8 Å². The second-order valence-corrected chi connectivity index (χ2v) is 16.2. The number of carbonyl (C=O) groups excluding carboxylic acids is 2. The van der Waals surface area contributed by atoms with Crippen molar-refractivity contribution in [2.24, 2.45) is 35.0 Å². The van der Waals surface area contributed by atoms with Crippen LogP contribution >= 0.6 is 0 Å². The third kappa shape index (κ3) is 6.84. The Morgan fingerprint density at radius 3 is 2.28 bits per heavy atom. The van der Waals surface area contributed by atoms with E-state index in [2.05, 4.69) is 32.9 Å². The molecule has 0 unspecified atom stereocenters. The molecule has 1 aromatic carbocycles. The maximum atomic E-state index is 14.8. The summed E-state index contributed by atoms with van der Waals surface area (Å²) < 4.78 is 73.4. The van der Waals surface area contributed by atoms with E-state index in [0.717, 1.165) is 20.0 Å². The molecule has 0 amide bonds. The molecule has 2 saturated heterocycles. The van der Waals surface area contributed by atoms with Gasteiger partial charge < -0.3 is 23.7 Å². The summed E-state index contributed by atoms with van der Waals surface area (Å²) >= 11 is 0. The molecule has 4 aliphatic rings. The van der Waals surface area contributed by atoms with Crippen LogP contribution in [0.4, 0.5) is 13.2 Å². The summed E-state index contributed by atoms with van der Waals surface area (Å²) in [6.07, 6.45) is 4.01. The molecule has 0 bridgehead atoms. The number of hydrogen-bond acceptors (Lipinski definition) is 7. The Morgan fingerprint density at radius 2 is 1.70 bits per heavy atom. The van der Waals surface area contributed by atoms with Gasteiger partial charge in [-0.3, -0.25) is 4.79 Å². The van der Waals surface area contributed by atoms with Gasteiger partial charge in [-0.2, -0.15) is 13.2 Å². The molecule has 2 heterocycles. The predicted octanol–water partition coefficient (Wildman–Crippen LogP) is 8.28. The van der Waals surface area contributed by atoms with Gasteiger partial charge in [-0.25, -0.2) is 4.79 Å². The molecule has 10 heteroatoms. The lowest BCUT2D eigenvalue weighted by atomic mass is 9.55. The number of esters is 2. The van der Waals surface area contributed by atoms with Crippen LogP contribution in [0.3, 0.4) is 0 Å². The first-order valence-corrected chi connectivity index (χ1v) is 17.6. The van der Waals surface area contributed by atoms with Gasteiger partial charge in [0, 0.05) is 24.5 Å². The summed E-state index contributed by atoms with van der Waals surface area (Å²) in [6.45, 7) is 16.9. The summed E-state index contributed by atoms with van der Waals surface area (Å²) in [5, 5.41) is 0. The Balaban J connectivity index is 1.47. The molecule has 0 N–H and O–H groups in total. The Morgan fingerprint density at radius 1 is 1.04 bits per heavy atom. The zero-order valence-corrected chi connectivity index (χ0v) is 30.9. The van der Waals surface area contributed by atoms with Gasteiger partial charge in [-0.15, -0.1) is 0 Å². The van der Waals surface area contributed by atoms with E-state index in [1.54, 1.807) is 46.8 Å². The zero-order valence-electron chi connectivity index (χ0n) is 30.9. The number of epoxide rings is 2. The first-order valence-electron chi connectivity index (χ1n) is 17.6. The van der Waals surface area contributed by atoms with Crippen LogP contribution in [0.2, 0.25) is 0 Å². The Kier molecular flexibility index (Phi) is 10.4. The predicted molar refractivity (Wildman–Crippen MR) is 183 cm³/mol. The van der Waals surface area contributed by atoms with Gasteiger partial charge in [0.25, 0.3) is 5.60 Å². The van der Waals surface area contributed by atoms with Crippen LogP contribution in [0.1, 0.15) is 80.7 Å². The number of fused-ring (bicyclic) bond motifs is 4. The molecule has 5 rings (SSSR count). The fourth-order valence-electron chi connectivity index (χ4n) is 8.59. The van der Waals surface area contributed by atoms with E-state index < -0.39 is 46.7 Å². The molecule has 0 spiro atoms. The van der Waals surface area contributed by atoms with Crippen LogP contribution in [0, 0.1) is 35.0 Å². The lowest BCUT2D eigenvalue weighted by molar-refractivity contribution is -0.278. The minimum atomic E-state index is -5.14. The zero-order chi connectivity index (χ0) is 37.0. The maximum absolute atomic E-state index is 14.8. The average Bonchev–Trinajstić information content (AvgIpc) is 3.93. The van der Waals surface area contributed by atoms with E-state index >= 15 is 0 Å². The van der Waals surface area contributed by atoms with Crippen molar-refractivity contribution >= 4 is 11.9 Å². The number of hydrogen-bond donors (Lipinski definition) is 0. The van der Waals surface area contributed by atoms with Crippen molar-refractivity contribution in [3.05, 3.63) is 71.3 Å². The maximum Gasteiger partial charge on any atom is 0.432 e. The van der Waals surface area contributed by atoms with Crippen LogP contribution in [-0.4, -0.2) is 61.3 Å². The number of benzene rings is 1. The number of halogens is 3. The minimum Gasteiger partial charge on any atom is -0.465 e. The summed E-state index contributed by atoms with van der Waals surface area (Å²) in [6, 6.07) is 6.72. The first-order chi connectivity index (χ1) is 23.2. The van der Waals surface area contributed by atoms with Crippen molar-refractivity contribution in [3.63, 3.8) is 0 Å². The van der Waals surface area contributed by atoms with E-state index in [0.29, 0.717) is 17.4 Å². The molecule has 2 aliphatic heterocycles. The lowest BCUT2D eigenvalue weighted by Gasteiger charge is -2.45.